The van der Waals surface area contributed by atoms with E-state index in [1.165, 1.54) is 4.88 Å². The van der Waals surface area contributed by atoms with Crippen molar-refractivity contribution in [3.63, 3.8) is 0 Å². The third-order valence-electron chi connectivity index (χ3n) is 3.02. The van der Waals surface area contributed by atoms with Crippen LogP contribution in [0.15, 0.2) is 40.2 Å². The molecule has 0 spiro atoms. The summed E-state index contributed by atoms with van der Waals surface area (Å²) in [5.74, 6) is 0.0478. The topological polar surface area (TPSA) is 20.3 Å². The minimum absolute atomic E-state index is 0.0478. The van der Waals surface area contributed by atoms with Crippen molar-refractivity contribution in [1.82, 2.24) is 4.90 Å². The number of benzene rings is 1. The average molecular weight is 450 g/mol. The highest BCUT2D eigenvalue weighted by atomic mass is 127. The summed E-state index contributed by atoms with van der Waals surface area (Å²) in [6.45, 7) is 2.05. The van der Waals surface area contributed by atoms with Crippen LogP contribution in [0, 0.1) is 3.57 Å². The monoisotopic (exact) mass is 449 g/mol. The molecule has 0 aliphatic carbocycles. The Hall–Kier alpha value is -0.400. The molecule has 1 amide bonds. The van der Waals surface area contributed by atoms with Gasteiger partial charge in [0.05, 0.1) is 11.6 Å². The molecule has 2 rings (SSSR count). The number of amides is 1. The maximum atomic E-state index is 12.6. The van der Waals surface area contributed by atoms with Gasteiger partial charge in [0, 0.05) is 20.0 Å². The van der Waals surface area contributed by atoms with Crippen molar-refractivity contribution in [2.45, 2.75) is 13.0 Å². The molecule has 1 atom stereocenters. The van der Waals surface area contributed by atoms with E-state index in [9.17, 15) is 4.79 Å². The second kappa shape index (κ2) is 6.37. The van der Waals surface area contributed by atoms with Crippen LogP contribution in [0.2, 0.25) is 0 Å². The van der Waals surface area contributed by atoms with Crippen LogP contribution in [0.4, 0.5) is 0 Å². The van der Waals surface area contributed by atoms with E-state index in [1.54, 1.807) is 16.2 Å². The van der Waals surface area contributed by atoms with Gasteiger partial charge in [-0.05, 0) is 59.2 Å². The summed E-state index contributed by atoms with van der Waals surface area (Å²) in [6, 6.07) is 9.93. The molecule has 0 bridgehead atoms. The fourth-order valence-electron chi connectivity index (χ4n) is 1.75. The predicted octanol–water partition coefficient (Wildman–Crippen LogP) is 4.95. The second-order valence-corrected chi connectivity index (χ2v) is 7.29. The summed E-state index contributed by atoms with van der Waals surface area (Å²) in [5.41, 5.74) is 0.737. The summed E-state index contributed by atoms with van der Waals surface area (Å²) in [4.78, 5) is 15.5. The fraction of sp³-hybridized carbons (Fsp3) is 0.214. The van der Waals surface area contributed by atoms with Gasteiger partial charge in [-0.15, -0.1) is 11.3 Å². The van der Waals surface area contributed by atoms with Gasteiger partial charge < -0.3 is 4.90 Å². The van der Waals surface area contributed by atoms with E-state index in [0.717, 1.165) is 13.6 Å². The van der Waals surface area contributed by atoms with Crippen molar-refractivity contribution in [1.29, 1.82) is 0 Å². The average Bonchev–Trinajstić information content (AvgIpc) is 2.93. The van der Waals surface area contributed by atoms with Gasteiger partial charge in [0.1, 0.15) is 0 Å². The smallest absolute Gasteiger partial charge is 0.255 e. The molecule has 1 unspecified atom stereocenters. The standard InChI is InChI=1S/C14H13BrINOS/c1-9(13-4-3-7-19-13)17(2)14(18)11-8-10(15)5-6-12(11)16/h3-9H,1-2H3. The Morgan fingerprint density at radius 2 is 2.16 bits per heavy atom. The van der Waals surface area contributed by atoms with Gasteiger partial charge in [-0.2, -0.15) is 0 Å². The lowest BCUT2D eigenvalue weighted by Crippen LogP contribution is -2.29. The lowest BCUT2D eigenvalue weighted by Gasteiger charge is -2.24. The first-order valence-electron chi connectivity index (χ1n) is 5.76. The maximum Gasteiger partial charge on any atom is 0.255 e. The van der Waals surface area contributed by atoms with Gasteiger partial charge in [0.2, 0.25) is 0 Å². The molecule has 1 aromatic heterocycles. The van der Waals surface area contributed by atoms with E-state index in [0.29, 0.717) is 0 Å². The van der Waals surface area contributed by atoms with Crippen molar-refractivity contribution in [3.8, 4) is 0 Å². The first-order chi connectivity index (χ1) is 9.00. The van der Waals surface area contributed by atoms with Crippen molar-refractivity contribution < 1.29 is 4.79 Å². The summed E-state index contributed by atoms with van der Waals surface area (Å²) in [5, 5.41) is 2.03. The SMILES string of the molecule is CC(c1cccs1)N(C)C(=O)c1cc(Br)ccc1I. The molecule has 0 aliphatic heterocycles. The number of carbonyl (C=O) groups excluding carboxylic acids is 1. The summed E-state index contributed by atoms with van der Waals surface area (Å²) >= 11 is 7.29. The zero-order valence-electron chi connectivity index (χ0n) is 10.6. The number of halogens is 2. The molecule has 2 aromatic rings. The van der Waals surface area contributed by atoms with E-state index in [-0.39, 0.29) is 11.9 Å². The zero-order valence-corrected chi connectivity index (χ0v) is 15.1. The van der Waals surface area contributed by atoms with Gasteiger partial charge in [0.25, 0.3) is 5.91 Å². The van der Waals surface area contributed by atoms with E-state index < -0.39 is 0 Å². The maximum absolute atomic E-state index is 12.6. The Balaban J connectivity index is 2.26. The van der Waals surface area contributed by atoms with Crippen LogP contribution in [0.5, 0.6) is 0 Å². The van der Waals surface area contributed by atoms with Crippen LogP contribution in [0.25, 0.3) is 0 Å². The third-order valence-corrected chi connectivity index (χ3v) is 5.49. The van der Waals surface area contributed by atoms with Gasteiger partial charge in [-0.1, -0.05) is 22.0 Å². The van der Waals surface area contributed by atoms with E-state index in [1.807, 2.05) is 36.7 Å². The number of nitrogens with zero attached hydrogens (tertiary/aromatic N) is 1. The molecular formula is C14H13BrINOS. The molecule has 5 heteroatoms. The van der Waals surface area contributed by atoms with E-state index in [4.69, 9.17) is 0 Å². The Bertz CT molecular complexity index is 585. The first-order valence-corrected chi connectivity index (χ1v) is 8.51. The largest absolute Gasteiger partial charge is 0.334 e. The van der Waals surface area contributed by atoms with Crippen LogP contribution in [0.3, 0.4) is 0 Å². The quantitative estimate of drug-likeness (QED) is 0.607. The van der Waals surface area contributed by atoms with Gasteiger partial charge in [0.15, 0.2) is 0 Å². The van der Waals surface area contributed by atoms with Crippen molar-refractivity contribution >= 4 is 55.8 Å². The fourth-order valence-corrected chi connectivity index (χ4v) is 3.50. The van der Waals surface area contributed by atoms with E-state index >= 15 is 0 Å². The highest BCUT2D eigenvalue weighted by molar-refractivity contribution is 14.1. The van der Waals surface area contributed by atoms with Crippen molar-refractivity contribution in [2.75, 3.05) is 7.05 Å². The van der Waals surface area contributed by atoms with Crippen LogP contribution < -0.4 is 0 Å². The summed E-state index contributed by atoms with van der Waals surface area (Å²) in [7, 11) is 1.85. The number of rotatable bonds is 3. The lowest BCUT2D eigenvalue weighted by molar-refractivity contribution is 0.0744. The molecule has 19 heavy (non-hydrogen) atoms. The molecule has 2 nitrogen and oxygen atoms in total. The molecule has 0 saturated carbocycles. The molecule has 0 aliphatic rings. The molecule has 1 aromatic carbocycles. The van der Waals surface area contributed by atoms with Gasteiger partial charge >= 0.3 is 0 Å². The Labute approximate surface area is 139 Å². The number of thiophene rings is 1. The lowest BCUT2D eigenvalue weighted by atomic mass is 10.1. The minimum atomic E-state index is 0.0478. The highest BCUT2D eigenvalue weighted by Gasteiger charge is 2.21. The first kappa shape index (κ1) is 15.0. The van der Waals surface area contributed by atoms with Crippen LogP contribution >= 0.6 is 49.9 Å². The molecule has 0 N–H and O–H groups in total. The van der Waals surface area contributed by atoms with E-state index in [2.05, 4.69) is 51.5 Å². The number of hydrogen-bond acceptors (Lipinski definition) is 2. The highest BCUT2D eigenvalue weighted by Crippen LogP contribution is 2.26. The Morgan fingerprint density at radius 1 is 1.42 bits per heavy atom. The minimum Gasteiger partial charge on any atom is -0.334 e. The normalized spacial score (nSPS) is 12.2. The molecule has 0 saturated heterocycles. The summed E-state index contributed by atoms with van der Waals surface area (Å²) in [6.07, 6.45) is 0. The van der Waals surface area contributed by atoms with Crippen LogP contribution in [0.1, 0.15) is 28.2 Å². The third kappa shape index (κ3) is 3.38. The number of carbonyl (C=O) groups is 1. The van der Waals surface area contributed by atoms with Crippen LogP contribution in [-0.4, -0.2) is 17.9 Å². The Kier molecular flexibility index (Phi) is 5.03. The number of hydrogen-bond donors (Lipinski definition) is 0. The Morgan fingerprint density at radius 3 is 2.79 bits per heavy atom. The van der Waals surface area contributed by atoms with Gasteiger partial charge in [-0.3, -0.25) is 4.79 Å². The molecule has 0 radical (unpaired) electrons. The predicted molar refractivity (Wildman–Crippen MR) is 91.7 cm³/mol. The van der Waals surface area contributed by atoms with Crippen molar-refractivity contribution in [2.24, 2.45) is 0 Å². The van der Waals surface area contributed by atoms with Crippen LogP contribution in [-0.2, 0) is 0 Å². The molecule has 100 valence electrons. The molecular weight excluding hydrogens is 437 g/mol. The van der Waals surface area contributed by atoms with Gasteiger partial charge in [-0.25, -0.2) is 0 Å². The molecule has 0 fully saturated rings. The summed E-state index contributed by atoms with van der Waals surface area (Å²) < 4.78 is 1.89. The molecule has 1 heterocycles. The zero-order chi connectivity index (χ0) is 14.0. The second-order valence-electron chi connectivity index (χ2n) is 4.23. The van der Waals surface area contributed by atoms with Crippen molar-refractivity contribution in [3.05, 3.63) is 54.2 Å².